The van der Waals surface area contributed by atoms with E-state index in [4.69, 9.17) is 0 Å². The van der Waals surface area contributed by atoms with Gasteiger partial charge in [0, 0.05) is 38.2 Å². The molecule has 0 fully saturated rings. The first-order chi connectivity index (χ1) is 30.6. The Balaban J connectivity index is 1.35. The molecule has 10 aromatic rings. The van der Waals surface area contributed by atoms with Gasteiger partial charge in [0.2, 0.25) is 0 Å². The number of aromatic nitrogens is 8. The molecule has 0 radical (unpaired) electrons. The first kappa shape index (κ1) is 40.1. The number of aryl methyl sites for hydroxylation is 4. The summed E-state index contributed by atoms with van der Waals surface area (Å²) >= 11 is 0. The molecule has 64 heavy (non-hydrogen) atoms. The fourth-order valence-corrected chi connectivity index (χ4v) is 8.67. The molecular weight excluding hydrogens is 829 g/mol. The lowest BCUT2D eigenvalue weighted by Crippen LogP contribution is -2.13. The maximum Gasteiger partial charge on any atom is 0.417 e. The molecule has 0 amide bonds. The molecule has 314 valence electrons. The molecule has 15 heteroatoms. The van der Waals surface area contributed by atoms with E-state index in [-0.39, 0.29) is 28.6 Å². The van der Waals surface area contributed by atoms with Crippen LogP contribution in [0.3, 0.4) is 0 Å². The second kappa shape index (κ2) is 14.6. The van der Waals surface area contributed by atoms with Gasteiger partial charge in [-0.2, -0.15) is 31.6 Å². The summed E-state index contributed by atoms with van der Waals surface area (Å²) in [5.74, 6) is 2.74. The van der Waals surface area contributed by atoms with Crippen LogP contribution < -0.4 is 0 Å². The van der Waals surface area contributed by atoms with Crippen LogP contribution in [0.1, 0.15) is 40.0 Å². The van der Waals surface area contributed by atoms with Crippen molar-refractivity contribution < 1.29 is 26.3 Å². The van der Waals surface area contributed by atoms with Crippen molar-refractivity contribution in [3.05, 3.63) is 155 Å². The van der Waals surface area contributed by atoms with Gasteiger partial charge in [-0.1, -0.05) is 66.7 Å². The van der Waals surface area contributed by atoms with E-state index >= 15 is 13.2 Å². The van der Waals surface area contributed by atoms with Crippen LogP contribution >= 0.6 is 0 Å². The normalized spacial score (nSPS) is 12.2. The van der Waals surface area contributed by atoms with E-state index in [2.05, 4.69) is 36.0 Å². The Bertz CT molecular complexity index is 3570. The maximum absolute atomic E-state index is 15.3. The Morgan fingerprint density at radius 3 is 1.39 bits per heavy atom. The lowest BCUT2D eigenvalue weighted by Gasteiger charge is -2.22. The summed E-state index contributed by atoms with van der Waals surface area (Å²) in [5, 5.41) is 14.1. The van der Waals surface area contributed by atoms with Gasteiger partial charge < -0.3 is 9.13 Å². The van der Waals surface area contributed by atoms with Crippen molar-refractivity contribution in [2.75, 3.05) is 0 Å². The fourth-order valence-electron chi connectivity index (χ4n) is 8.67. The van der Waals surface area contributed by atoms with Gasteiger partial charge in [0.05, 0.1) is 50.1 Å². The van der Waals surface area contributed by atoms with Crippen LogP contribution in [-0.4, -0.2) is 39.0 Å². The highest BCUT2D eigenvalue weighted by molar-refractivity contribution is 6.12. The fraction of sp³-hybridized carbons (Fsp3) is 0.122. The van der Waals surface area contributed by atoms with Crippen molar-refractivity contribution in [3.63, 3.8) is 0 Å². The number of rotatable bonds is 5. The Labute approximate surface area is 360 Å². The Kier molecular flexibility index (Phi) is 9.12. The van der Waals surface area contributed by atoms with Crippen molar-refractivity contribution in [2.45, 2.75) is 40.0 Å². The highest BCUT2D eigenvalue weighted by atomic mass is 19.4. The van der Waals surface area contributed by atoms with Crippen molar-refractivity contribution in [3.8, 4) is 51.3 Å². The smallest absolute Gasteiger partial charge is 0.309 e. The molecular formula is C49H31F6N9. The molecule has 0 N–H and O–H groups in total. The SMILES string of the molecule is Cc1nc(C)nc(-c2ccc3c4ccccc4n(-c4cc(-c5ccc(C(F)(F)F)cc5C(F)(F)F)c(-n5c6ccccc6c6ccc(-c7nc(C)nc(C)n7)cc65)cc4C#N)c3c2)n1. The number of fused-ring (bicyclic) bond motifs is 6. The quantitative estimate of drug-likeness (QED) is 0.158. The Morgan fingerprint density at radius 2 is 0.922 bits per heavy atom. The van der Waals surface area contributed by atoms with E-state index < -0.39 is 29.0 Å². The lowest BCUT2D eigenvalue weighted by molar-refractivity contribution is -0.142. The van der Waals surface area contributed by atoms with E-state index in [1.807, 2.05) is 66.7 Å². The van der Waals surface area contributed by atoms with Crippen LogP contribution in [0.25, 0.3) is 88.9 Å². The van der Waals surface area contributed by atoms with E-state index in [0.29, 0.717) is 74.2 Å². The molecule has 10 rings (SSSR count). The maximum atomic E-state index is 15.3. The summed E-state index contributed by atoms with van der Waals surface area (Å²) in [4.78, 5) is 26.8. The molecule has 0 bridgehead atoms. The van der Waals surface area contributed by atoms with Crippen LogP contribution in [0, 0.1) is 39.0 Å². The monoisotopic (exact) mass is 859 g/mol. The predicted octanol–water partition coefficient (Wildman–Crippen LogP) is 12.4. The topological polar surface area (TPSA) is 111 Å². The van der Waals surface area contributed by atoms with Crippen molar-refractivity contribution in [1.82, 2.24) is 39.0 Å². The van der Waals surface area contributed by atoms with Crippen molar-refractivity contribution >= 4 is 43.6 Å². The largest absolute Gasteiger partial charge is 0.417 e. The molecule has 0 saturated heterocycles. The van der Waals surface area contributed by atoms with E-state index in [9.17, 15) is 18.4 Å². The van der Waals surface area contributed by atoms with Crippen LogP contribution in [0.15, 0.2) is 115 Å². The molecule has 6 aromatic carbocycles. The van der Waals surface area contributed by atoms with Gasteiger partial charge in [-0.25, -0.2) is 29.9 Å². The summed E-state index contributed by atoms with van der Waals surface area (Å²) in [6.45, 7) is 6.97. The number of halogens is 6. The zero-order valence-corrected chi connectivity index (χ0v) is 34.3. The lowest BCUT2D eigenvalue weighted by atomic mass is 9.93. The van der Waals surface area contributed by atoms with Gasteiger partial charge >= 0.3 is 12.4 Å². The van der Waals surface area contributed by atoms with Gasteiger partial charge in [0.25, 0.3) is 0 Å². The number of para-hydroxylation sites is 2. The number of nitriles is 1. The van der Waals surface area contributed by atoms with Gasteiger partial charge in [0.1, 0.15) is 29.4 Å². The standard InChI is InChI=1S/C49H31F6N9/c1-25-57-26(2)60-46(59-25)29-13-16-36-34-9-5-7-11-40(34)63(43(36)19-29)42-23-38(33-18-15-32(48(50,51)52)22-39(33)49(53,54)55)45(21-31(42)24-56)64-41-12-8-6-10-35(41)37-17-14-30(20-44(37)64)47-61-27(3)58-28(4)62-47/h5-23H,1-4H3. The summed E-state index contributed by atoms with van der Waals surface area (Å²) in [5.41, 5.74) is 0.328. The number of nitrogens with zero attached hydrogens (tertiary/aromatic N) is 9. The molecule has 0 aliphatic carbocycles. The second-order valence-corrected chi connectivity index (χ2v) is 15.4. The summed E-state index contributed by atoms with van der Waals surface area (Å²) in [6.07, 6.45) is -10.3. The average molecular weight is 860 g/mol. The molecule has 0 aliphatic rings. The molecule has 0 spiro atoms. The zero-order chi connectivity index (χ0) is 44.8. The molecule has 0 atom stereocenters. The first-order valence-corrected chi connectivity index (χ1v) is 19.9. The highest BCUT2D eigenvalue weighted by Crippen LogP contribution is 2.46. The predicted molar refractivity (Wildman–Crippen MR) is 232 cm³/mol. The van der Waals surface area contributed by atoms with Crippen LogP contribution in [0.4, 0.5) is 26.3 Å². The average Bonchev–Trinajstić information content (AvgIpc) is 3.76. The van der Waals surface area contributed by atoms with Gasteiger partial charge in [-0.15, -0.1) is 0 Å². The Morgan fingerprint density at radius 1 is 0.453 bits per heavy atom. The van der Waals surface area contributed by atoms with Crippen molar-refractivity contribution in [1.29, 1.82) is 5.26 Å². The van der Waals surface area contributed by atoms with Gasteiger partial charge in [-0.3, -0.25) is 0 Å². The molecule has 4 heterocycles. The molecule has 0 saturated carbocycles. The third-order valence-electron chi connectivity index (χ3n) is 11.2. The number of hydrogen-bond acceptors (Lipinski definition) is 7. The van der Waals surface area contributed by atoms with Crippen molar-refractivity contribution in [2.24, 2.45) is 0 Å². The number of benzene rings is 6. The molecule has 4 aromatic heterocycles. The minimum atomic E-state index is -5.23. The van der Waals surface area contributed by atoms with Crippen LogP contribution in [0.2, 0.25) is 0 Å². The molecule has 9 nitrogen and oxygen atoms in total. The highest BCUT2D eigenvalue weighted by Gasteiger charge is 2.39. The zero-order valence-electron chi connectivity index (χ0n) is 34.3. The molecule has 0 aliphatic heterocycles. The van der Waals surface area contributed by atoms with Crippen LogP contribution in [-0.2, 0) is 12.4 Å². The van der Waals surface area contributed by atoms with E-state index in [1.165, 1.54) is 12.1 Å². The summed E-state index contributed by atoms with van der Waals surface area (Å²) in [6, 6.07) is 32.7. The minimum Gasteiger partial charge on any atom is -0.309 e. The first-order valence-electron chi connectivity index (χ1n) is 19.9. The third kappa shape index (κ3) is 6.66. The van der Waals surface area contributed by atoms with Gasteiger partial charge in [0.15, 0.2) is 11.6 Å². The van der Waals surface area contributed by atoms with E-state index in [1.54, 1.807) is 55.0 Å². The second-order valence-electron chi connectivity index (χ2n) is 15.4. The molecule has 0 unspecified atom stereocenters. The number of alkyl halides is 6. The summed E-state index contributed by atoms with van der Waals surface area (Å²) < 4.78 is 92.0. The number of hydrogen-bond donors (Lipinski definition) is 0. The van der Waals surface area contributed by atoms with Crippen LogP contribution in [0.5, 0.6) is 0 Å². The summed E-state index contributed by atoms with van der Waals surface area (Å²) in [7, 11) is 0. The van der Waals surface area contributed by atoms with E-state index in [0.717, 1.165) is 27.6 Å². The Hall–Kier alpha value is -7.99. The minimum absolute atomic E-state index is 0.0740. The third-order valence-corrected chi connectivity index (χ3v) is 11.2. The van der Waals surface area contributed by atoms with Gasteiger partial charge in [-0.05, 0) is 81.8 Å².